The van der Waals surface area contributed by atoms with Crippen LogP contribution in [0.4, 0.5) is 15.8 Å². The highest BCUT2D eigenvalue weighted by Crippen LogP contribution is 2.29. The maximum absolute atomic E-state index is 13.0. The van der Waals surface area contributed by atoms with Gasteiger partial charge >= 0.3 is 0 Å². The van der Waals surface area contributed by atoms with Crippen molar-refractivity contribution in [2.24, 2.45) is 0 Å². The van der Waals surface area contributed by atoms with Crippen molar-refractivity contribution in [2.75, 3.05) is 19.0 Å². The van der Waals surface area contributed by atoms with Crippen molar-refractivity contribution in [2.45, 2.75) is 6.54 Å². The first kappa shape index (κ1) is 13.8. The Balaban J connectivity index is 2.39. The molecule has 2 rings (SSSR count). The molecule has 0 aliphatic heterocycles. The Hall–Kier alpha value is -1.58. The van der Waals surface area contributed by atoms with Gasteiger partial charge in [-0.2, -0.15) is 0 Å². The van der Waals surface area contributed by atoms with Gasteiger partial charge in [0.25, 0.3) is 0 Å². The quantitative estimate of drug-likeness (QED) is 0.910. The SMILES string of the molecule is CNCc1ccc(Cl)cc1N(C)c1ccc(F)cc1. The van der Waals surface area contributed by atoms with Crippen LogP contribution in [0.5, 0.6) is 0 Å². The van der Waals surface area contributed by atoms with Crippen LogP contribution in [0, 0.1) is 5.82 Å². The summed E-state index contributed by atoms with van der Waals surface area (Å²) in [5.74, 6) is -0.237. The maximum atomic E-state index is 13.0. The zero-order valence-corrected chi connectivity index (χ0v) is 11.7. The maximum Gasteiger partial charge on any atom is 0.123 e. The van der Waals surface area contributed by atoms with Gasteiger partial charge in [-0.3, -0.25) is 0 Å². The number of anilines is 2. The van der Waals surface area contributed by atoms with E-state index in [1.807, 2.05) is 37.2 Å². The number of hydrogen-bond donors (Lipinski definition) is 1. The molecule has 100 valence electrons. The number of halogens is 2. The Morgan fingerprint density at radius 3 is 2.47 bits per heavy atom. The summed E-state index contributed by atoms with van der Waals surface area (Å²) in [4.78, 5) is 2.00. The van der Waals surface area contributed by atoms with Gasteiger partial charge in [-0.25, -0.2) is 4.39 Å². The van der Waals surface area contributed by atoms with E-state index in [2.05, 4.69) is 5.32 Å². The van der Waals surface area contributed by atoms with E-state index in [0.717, 1.165) is 23.5 Å². The second-order valence-corrected chi connectivity index (χ2v) is 4.78. The van der Waals surface area contributed by atoms with Crippen LogP contribution >= 0.6 is 11.6 Å². The molecule has 0 bridgehead atoms. The molecule has 0 saturated heterocycles. The molecule has 1 N–H and O–H groups in total. The Labute approximate surface area is 117 Å². The molecule has 0 amide bonds. The van der Waals surface area contributed by atoms with Gasteiger partial charge in [0.1, 0.15) is 5.82 Å². The van der Waals surface area contributed by atoms with Gasteiger partial charge in [-0.05, 0) is 49.0 Å². The minimum atomic E-state index is -0.237. The molecule has 0 aromatic heterocycles. The lowest BCUT2D eigenvalue weighted by Crippen LogP contribution is -2.15. The van der Waals surface area contributed by atoms with Gasteiger partial charge in [0.15, 0.2) is 0 Å². The van der Waals surface area contributed by atoms with E-state index in [0.29, 0.717) is 5.02 Å². The van der Waals surface area contributed by atoms with Gasteiger partial charge < -0.3 is 10.2 Å². The number of hydrogen-bond acceptors (Lipinski definition) is 2. The topological polar surface area (TPSA) is 15.3 Å². The smallest absolute Gasteiger partial charge is 0.123 e. The molecule has 0 radical (unpaired) electrons. The number of nitrogens with one attached hydrogen (secondary N) is 1. The summed E-state index contributed by atoms with van der Waals surface area (Å²) in [5.41, 5.74) is 3.06. The number of rotatable bonds is 4. The Kier molecular flexibility index (Phi) is 4.40. The van der Waals surface area contributed by atoms with Gasteiger partial charge in [-0.15, -0.1) is 0 Å². The second kappa shape index (κ2) is 6.04. The number of benzene rings is 2. The normalized spacial score (nSPS) is 10.5. The summed E-state index contributed by atoms with van der Waals surface area (Å²) in [6.45, 7) is 0.748. The average Bonchev–Trinajstić information content (AvgIpc) is 2.41. The molecule has 2 aromatic carbocycles. The molecule has 0 aliphatic rings. The van der Waals surface area contributed by atoms with Gasteiger partial charge in [0.05, 0.1) is 0 Å². The Morgan fingerprint density at radius 2 is 1.84 bits per heavy atom. The van der Waals surface area contributed by atoms with E-state index >= 15 is 0 Å². The van der Waals surface area contributed by atoms with Crippen molar-refractivity contribution in [3.63, 3.8) is 0 Å². The molecule has 2 aromatic rings. The molecular weight excluding hydrogens is 263 g/mol. The molecule has 0 unspecified atom stereocenters. The summed E-state index contributed by atoms with van der Waals surface area (Å²) in [5, 5.41) is 3.81. The predicted molar refractivity (Wildman–Crippen MR) is 78.7 cm³/mol. The van der Waals surface area contributed by atoms with E-state index in [9.17, 15) is 4.39 Å². The van der Waals surface area contributed by atoms with Crippen molar-refractivity contribution >= 4 is 23.0 Å². The lowest BCUT2D eigenvalue weighted by atomic mass is 10.1. The van der Waals surface area contributed by atoms with Crippen molar-refractivity contribution < 1.29 is 4.39 Å². The molecule has 0 spiro atoms. The molecule has 0 saturated carbocycles. The second-order valence-electron chi connectivity index (χ2n) is 4.34. The highest BCUT2D eigenvalue weighted by molar-refractivity contribution is 6.30. The van der Waals surface area contributed by atoms with Crippen molar-refractivity contribution in [3.05, 3.63) is 58.9 Å². The van der Waals surface area contributed by atoms with Gasteiger partial charge in [-0.1, -0.05) is 17.7 Å². The summed E-state index contributed by atoms with van der Waals surface area (Å²) in [7, 11) is 3.84. The van der Waals surface area contributed by atoms with Gasteiger partial charge in [0.2, 0.25) is 0 Å². The third kappa shape index (κ3) is 3.25. The first-order chi connectivity index (χ1) is 9.11. The van der Waals surface area contributed by atoms with E-state index in [4.69, 9.17) is 11.6 Å². The van der Waals surface area contributed by atoms with Crippen LogP contribution in [0.3, 0.4) is 0 Å². The molecule has 0 aliphatic carbocycles. The third-order valence-corrected chi connectivity index (χ3v) is 3.22. The zero-order chi connectivity index (χ0) is 13.8. The van der Waals surface area contributed by atoms with Crippen LogP contribution in [-0.2, 0) is 6.54 Å². The van der Waals surface area contributed by atoms with Crippen LogP contribution in [0.1, 0.15) is 5.56 Å². The molecule has 0 atom stereocenters. The van der Waals surface area contributed by atoms with Crippen molar-refractivity contribution in [1.82, 2.24) is 5.32 Å². The van der Waals surface area contributed by atoms with E-state index in [1.165, 1.54) is 12.1 Å². The van der Waals surface area contributed by atoms with E-state index in [-0.39, 0.29) is 5.82 Å². The van der Waals surface area contributed by atoms with Crippen LogP contribution < -0.4 is 10.2 Å². The monoisotopic (exact) mass is 278 g/mol. The first-order valence-electron chi connectivity index (χ1n) is 6.04. The van der Waals surface area contributed by atoms with Crippen LogP contribution in [0.25, 0.3) is 0 Å². The number of nitrogens with zero attached hydrogens (tertiary/aromatic N) is 1. The Bertz CT molecular complexity index is 555. The van der Waals surface area contributed by atoms with Crippen molar-refractivity contribution in [3.8, 4) is 0 Å². The fraction of sp³-hybridized carbons (Fsp3) is 0.200. The summed E-state index contributed by atoms with van der Waals surface area (Å²) >= 11 is 6.07. The summed E-state index contributed by atoms with van der Waals surface area (Å²) < 4.78 is 13.0. The fourth-order valence-corrected chi connectivity index (χ4v) is 2.16. The average molecular weight is 279 g/mol. The van der Waals surface area contributed by atoms with Crippen LogP contribution in [-0.4, -0.2) is 14.1 Å². The molecule has 2 nitrogen and oxygen atoms in total. The molecule has 0 fully saturated rings. The highest BCUT2D eigenvalue weighted by Gasteiger charge is 2.10. The molecular formula is C15H16ClFN2. The molecule has 0 heterocycles. The molecule has 19 heavy (non-hydrogen) atoms. The van der Waals surface area contributed by atoms with E-state index in [1.54, 1.807) is 12.1 Å². The Morgan fingerprint density at radius 1 is 1.16 bits per heavy atom. The largest absolute Gasteiger partial charge is 0.344 e. The minimum absolute atomic E-state index is 0.237. The fourth-order valence-electron chi connectivity index (χ4n) is 1.99. The van der Waals surface area contributed by atoms with Gasteiger partial charge in [0, 0.05) is 30.0 Å². The third-order valence-electron chi connectivity index (χ3n) is 2.99. The molecule has 4 heteroatoms. The lowest BCUT2D eigenvalue weighted by Gasteiger charge is -2.23. The summed E-state index contributed by atoms with van der Waals surface area (Å²) in [6, 6.07) is 12.2. The first-order valence-corrected chi connectivity index (χ1v) is 6.42. The van der Waals surface area contributed by atoms with Crippen molar-refractivity contribution in [1.29, 1.82) is 0 Å². The predicted octanol–water partition coefficient (Wildman–Crippen LogP) is 3.97. The minimum Gasteiger partial charge on any atom is -0.344 e. The highest BCUT2D eigenvalue weighted by atomic mass is 35.5. The zero-order valence-electron chi connectivity index (χ0n) is 11.0. The van der Waals surface area contributed by atoms with Crippen LogP contribution in [0.15, 0.2) is 42.5 Å². The lowest BCUT2D eigenvalue weighted by molar-refractivity contribution is 0.628. The standard InChI is InChI=1S/C15H16ClFN2/c1-18-10-11-3-4-12(16)9-15(11)19(2)14-7-5-13(17)6-8-14/h3-9,18H,10H2,1-2H3. The van der Waals surface area contributed by atoms with E-state index < -0.39 is 0 Å². The summed E-state index contributed by atoms with van der Waals surface area (Å²) in [6.07, 6.45) is 0. The van der Waals surface area contributed by atoms with Crippen LogP contribution in [0.2, 0.25) is 5.02 Å².